The fraction of sp³-hybridized carbons (Fsp3) is 0.167. The van der Waals surface area contributed by atoms with Crippen molar-refractivity contribution >= 4 is 28.4 Å². The van der Waals surface area contributed by atoms with Crippen LogP contribution in [-0.4, -0.2) is 16.5 Å². The number of aromatic nitrogens is 2. The summed E-state index contributed by atoms with van der Waals surface area (Å²) >= 11 is 2.20. The lowest BCUT2D eigenvalue weighted by Crippen LogP contribution is -2.21. The second-order valence-electron chi connectivity index (χ2n) is 3.56. The molecule has 1 aromatic carbocycles. The standard InChI is InChI=1S/C12H13IN4/c13-10-7-15-8-16-12(10)17-11(6-14)9-4-2-1-3-5-9/h1-5,7-8,11H,6,14H2,(H,15,16,17). The second kappa shape index (κ2) is 5.92. The SMILES string of the molecule is NCC(Nc1ncncc1I)c1ccccc1. The molecule has 1 aromatic heterocycles. The molecule has 1 unspecified atom stereocenters. The van der Waals surface area contributed by atoms with E-state index in [1.54, 1.807) is 6.20 Å². The highest BCUT2D eigenvalue weighted by Crippen LogP contribution is 2.20. The van der Waals surface area contributed by atoms with Gasteiger partial charge in [0, 0.05) is 12.7 Å². The van der Waals surface area contributed by atoms with Gasteiger partial charge in [-0.2, -0.15) is 0 Å². The van der Waals surface area contributed by atoms with E-state index in [0.29, 0.717) is 6.54 Å². The van der Waals surface area contributed by atoms with Crippen LogP contribution in [0.25, 0.3) is 0 Å². The van der Waals surface area contributed by atoms with Crippen molar-refractivity contribution in [3.8, 4) is 0 Å². The molecule has 3 N–H and O–H groups in total. The van der Waals surface area contributed by atoms with E-state index >= 15 is 0 Å². The summed E-state index contributed by atoms with van der Waals surface area (Å²) in [4.78, 5) is 8.17. The van der Waals surface area contributed by atoms with Crippen molar-refractivity contribution in [2.75, 3.05) is 11.9 Å². The molecule has 5 heteroatoms. The van der Waals surface area contributed by atoms with E-state index < -0.39 is 0 Å². The first-order valence-corrected chi connectivity index (χ1v) is 6.36. The van der Waals surface area contributed by atoms with Crippen LogP contribution in [0.1, 0.15) is 11.6 Å². The smallest absolute Gasteiger partial charge is 0.143 e. The fourth-order valence-electron chi connectivity index (χ4n) is 1.55. The Bertz CT molecular complexity index is 475. The molecule has 4 nitrogen and oxygen atoms in total. The highest BCUT2D eigenvalue weighted by atomic mass is 127. The molecule has 0 bridgehead atoms. The van der Waals surface area contributed by atoms with Gasteiger partial charge in [-0.1, -0.05) is 30.3 Å². The largest absolute Gasteiger partial charge is 0.361 e. The highest BCUT2D eigenvalue weighted by Gasteiger charge is 2.11. The van der Waals surface area contributed by atoms with Gasteiger partial charge in [0.25, 0.3) is 0 Å². The average Bonchev–Trinajstić information content (AvgIpc) is 2.39. The molecular weight excluding hydrogens is 327 g/mol. The minimum absolute atomic E-state index is 0.0691. The summed E-state index contributed by atoms with van der Waals surface area (Å²) in [5.41, 5.74) is 6.95. The Kier molecular flexibility index (Phi) is 4.27. The van der Waals surface area contributed by atoms with E-state index in [2.05, 4.69) is 50.0 Å². The van der Waals surface area contributed by atoms with Crippen molar-refractivity contribution < 1.29 is 0 Å². The lowest BCUT2D eigenvalue weighted by Gasteiger charge is -2.18. The zero-order valence-electron chi connectivity index (χ0n) is 9.18. The molecule has 0 radical (unpaired) electrons. The number of anilines is 1. The van der Waals surface area contributed by atoms with E-state index in [9.17, 15) is 0 Å². The molecule has 0 amide bonds. The summed E-state index contributed by atoms with van der Waals surface area (Å²) in [6.07, 6.45) is 3.30. The van der Waals surface area contributed by atoms with E-state index in [-0.39, 0.29) is 6.04 Å². The maximum atomic E-state index is 5.79. The van der Waals surface area contributed by atoms with Crippen molar-refractivity contribution in [1.82, 2.24) is 9.97 Å². The lowest BCUT2D eigenvalue weighted by atomic mass is 10.1. The predicted molar refractivity (Wildman–Crippen MR) is 76.6 cm³/mol. The third-order valence-electron chi connectivity index (χ3n) is 2.42. The Labute approximate surface area is 114 Å². The summed E-state index contributed by atoms with van der Waals surface area (Å²) < 4.78 is 0.986. The van der Waals surface area contributed by atoms with Gasteiger partial charge in [-0.05, 0) is 28.2 Å². The van der Waals surface area contributed by atoms with Crippen molar-refractivity contribution in [2.24, 2.45) is 5.73 Å². The minimum Gasteiger partial charge on any atom is -0.361 e. The Morgan fingerprint density at radius 3 is 2.71 bits per heavy atom. The molecule has 0 saturated heterocycles. The number of nitrogens with zero attached hydrogens (tertiary/aromatic N) is 2. The average molecular weight is 340 g/mol. The molecular formula is C12H13IN4. The highest BCUT2D eigenvalue weighted by molar-refractivity contribution is 14.1. The van der Waals surface area contributed by atoms with Gasteiger partial charge in [0.05, 0.1) is 9.61 Å². The van der Waals surface area contributed by atoms with E-state index in [1.165, 1.54) is 6.33 Å². The normalized spacial score (nSPS) is 12.1. The van der Waals surface area contributed by atoms with Gasteiger partial charge in [-0.15, -0.1) is 0 Å². The zero-order chi connectivity index (χ0) is 12.1. The molecule has 0 fully saturated rings. The first kappa shape index (κ1) is 12.3. The van der Waals surface area contributed by atoms with E-state index in [4.69, 9.17) is 5.73 Å². The van der Waals surface area contributed by atoms with Gasteiger partial charge in [-0.25, -0.2) is 9.97 Å². The van der Waals surface area contributed by atoms with Crippen LogP contribution in [0, 0.1) is 3.57 Å². The molecule has 0 aliphatic heterocycles. The Morgan fingerprint density at radius 2 is 2.06 bits per heavy atom. The number of nitrogens with two attached hydrogens (primary N) is 1. The monoisotopic (exact) mass is 340 g/mol. The number of halogens is 1. The van der Waals surface area contributed by atoms with Gasteiger partial charge in [0.2, 0.25) is 0 Å². The molecule has 2 aromatic rings. The Hall–Kier alpha value is -1.21. The Morgan fingerprint density at radius 1 is 1.29 bits per heavy atom. The molecule has 17 heavy (non-hydrogen) atoms. The summed E-state index contributed by atoms with van der Waals surface area (Å²) in [5.74, 6) is 0.819. The molecule has 0 spiro atoms. The summed E-state index contributed by atoms with van der Waals surface area (Å²) in [6.45, 7) is 0.518. The van der Waals surface area contributed by atoms with Gasteiger partial charge in [-0.3, -0.25) is 0 Å². The maximum Gasteiger partial charge on any atom is 0.143 e. The van der Waals surface area contributed by atoms with Crippen LogP contribution in [0.2, 0.25) is 0 Å². The molecule has 0 aliphatic carbocycles. The quantitative estimate of drug-likeness (QED) is 0.838. The van der Waals surface area contributed by atoms with Crippen molar-refractivity contribution in [3.63, 3.8) is 0 Å². The topological polar surface area (TPSA) is 63.8 Å². The van der Waals surface area contributed by atoms with Crippen LogP contribution in [0.3, 0.4) is 0 Å². The first-order valence-electron chi connectivity index (χ1n) is 5.28. The number of hydrogen-bond donors (Lipinski definition) is 2. The first-order chi connectivity index (χ1) is 8.31. The number of hydrogen-bond acceptors (Lipinski definition) is 4. The van der Waals surface area contributed by atoms with Crippen LogP contribution >= 0.6 is 22.6 Å². The molecule has 1 heterocycles. The summed E-state index contributed by atoms with van der Waals surface area (Å²) in [5, 5.41) is 3.33. The van der Waals surface area contributed by atoms with Crippen molar-refractivity contribution in [2.45, 2.75) is 6.04 Å². The molecule has 88 valence electrons. The van der Waals surface area contributed by atoms with Crippen LogP contribution in [0.5, 0.6) is 0 Å². The molecule has 2 rings (SSSR count). The van der Waals surface area contributed by atoms with E-state index in [1.807, 2.05) is 18.2 Å². The predicted octanol–water partition coefficient (Wildman–Crippen LogP) is 2.19. The lowest BCUT2D eigenvalue weighted by molar-refractivity contribution is 0.782. The third-order valence-corrected chi connectivity index (χ3v) is 3.21. The van der Waals surface area contributed by atoms with Gasteiger partial charge in [0.1, 0.15) is 12.1 Å². The van der Waals surface area contributed by atoms with Crippen LogP contribution in [0.15, 0.2) is 42.9 Å². The molecule has 0 aliphatic rings. The van der Waals surface area contributed by atoms with E-state index in [0.717, 1.165) is 15.0 Å². The fourth-order valence-corrected chi connectivity index (χ4v) is 2.00. The summed E-state index contributed by atoms with van der Waals surface area (Å²) in [7, 11) is 0. The number of benzene rings is 1. The Balaban J connectivity index is 2.19. The van der Waals surface area contributed by atoms with Gasteiger partial charge in [0.15, 0.2) is 0 Å². The summed E-state index contributed by atoms with van der Waals surface area (Å²) in [6, 6.07) is 10.2. The number of rotatable bonds is 4. The minimum atomic E-state index is 0.0691. The zero-order valence-corrected chi connectivity index (χ0v) is 11.3. The molecule has 0 saturated carbocycles. The van der Waals surface area contributed by atoms with Gasteiger partial charge >= 0.3 is 0 Å². The number of nitrogens with one attached hydrogen (secondary N) is 1. The van der Waals surface area contributed by atoms with Crippen LogP contribution < -0.4 is 11.1 Å². The van der Waals surface area contributed by atoms with Crippen LogP contribution in [-0.2, 0) is 0 Å². The van der Waals surface area contributed by atoms with Crippen molar-refractivity contribution in [1.29, 1.82) is 0 Å². The van der Waals surface area contributed by atoms with Crippen LogP contribution in [0.4, 0.5) is 5.82 Å². The second-order valence-corrected chi connectivity index (χ2v) is 4.72. The third kappa shape index (κ3) is 3.13. The van der Waals surface area contributed by atoms with Gasteiger partial charge < -0.3 is 11.1 Å². The maximum absolute atomic E-state index is 5.79. The molecule has 1 atom stereocenters. The van der Waals surface area contributed by atoms with Crippen molar-refractivity contribution in [3.05, 3.63) is 52.0 Å².